The van der Waals surface area contributed by atoms with Crippen LogP contribution in [0.4, 0.5) is 5.69 Å². The normalized spacial score (nSPS) is 17.6. The molecule has 2 aromatic rings. The van der Waals surface area contributed by atoms with Gasteiger partial charge in [-0.3, -0.25) is 4.90 Å². The number of hydrogen-bond acceptors (Lipinski definition) is 5. The highest BCUT2D eigenvalue weighted by atomic mass is 35.5. The average Bonchev–Trinajstić information content (AvgIpc) is 2.84. The zero-order chi connectivity index (χ0) is 23.6. The number of para-hydroxylation sites is 1. The summed E-state index contributed by atoms with van der Waals surface area (Å²) in [6, 6.07) is 16.4. The first-order chi connectivity index (χ1) is 16.0. The quantitative estimate of drug-likeness (QED) is 0.343. The van der Waals surface area contributed by atoms with Crippen molar-refractivity contribution in [2.75, 3.05) is 25.5 Å². The number of piperidine rings is 1. The Morgan fingerprint density at radius 3 is 2.73 bits per heavy atom. The molecule has 1 fully saturated rings. The third-order valence-electron chi connectivity index (χ3n) is 6.06. The van der Waals surface area contributed by atoms with Crippen molar-refractivity contribution in [3.05, 3.63) is 83.0 Å². The highest BCUT2D eigenvalue weighted by molar-refractivity contribution is 6.31. The second kappa shape index (κ2) is 12.7. The van der Waals surface area contributed by atoms with Crippen LogP contribution in [0.2, 0.25) is 5.02 Å². The highest BCUT2D eigenvalue weighted by Crippen LogP contribution is 2.23. The molecule has 6 heteroatoms. The van der Waals surface area contributed by atoms with Gasteiger partial charge in [-0.2, -0.15) is 0 Å². The van der Waals surface area contributed by atoms with E-state index in [4.69, 9.17) is 17.3 Å². The number of likely N-dealkylation sites (N-methyl/N-ethyl adjacent to an activating group) is 1. The van der Waals surface area contributed by atoms with Gasteiger partial charge in [0.25, 0.3) is 0 Å². The van der Waals surface area contributed by atoms with E-state index in [0.717, 1.165) is 59.2 Å². The average molecular weight is 468 g/mol. The maximum Gasteiger partial charge on any atom is 0.101 e. The fraction of sp³-hybridized carbons (Fsp3) is 0.407. The first kappa shape index (κ1) is 25.2. The van der Waals surface area contributed by atoms with E-state index in [1.807, 2.05) is 30.3 Å². The van der Waals surface area contributed by atoms with E-state index < -0.39 is 0 Å². The molecule has 0 saturated carbocycles. The molecule has 178 valence electrons. The van der Waals surface area contributed by atoms with Crippen LogP contribution in [0.25, 0.3) is 5.70 Å². The smallest absolute Gasteiger partial charge is 0.101 e. The van der Waals surface area contributed by atoms with E-state index in [9.17, 15) is 0 Å². The Balaban J connectivity index is 1.83. The standard InChI is InChI=1S/C27H38ClN5/c1-4-16-30-25-14-8-6-12-22(25)20(2)32-27(18-24(29)26-15-9-10-17-31-26)33(3)19-21-11-5-7-13-23(21)28/h5-8,11-14,18,26-27,30-32H,2,4,9-10,15-17,19,29H2,1,3H3/b24-18-. The summed E-state index contributed by atoms with van der Waals surface area (Å²) in [7, 11) is 2.08. The number of nitrogens with one attached hydrogen (secondary N) is 3. The Labute approximate surface area is 204 Å². The zero-order valence-corrected chi connectivity index (χ0v) is 20.7. The maximum absolute atomic E-state index is 6.58. The fourth-order valence-electron chi connectivity index (χ4n) is 4.12. The van der Waals surface area contributed by atoms with Crippen molar-refractivity contribution in [1.29, 1.82) is 0 Å². The minimum atomic E-state index is -0.142. The second-order valence-corrected chi connectivity index (χ2v) is 9.12. The van der Waals surface area contributed by atoms with Gasteiger partial charge in [0.2, 0.25) is 0 Å². The van der Waals surface area contributed by atoms with Crippen LogP contribution < -0.4 is 21.7 Å². The van der Waals surface area contributed by atoms with Gasteiger partial charge in [0.15, 0.2) is 0 Å². The van der Waals surface area contributed by atoms with Crippen LogP contribution in [0.5, 0.6) is 0 Å². The molecule has 0 radical (unpaired) electrons. The minimum Gasteiger partial charge on any atom is -0.401 e. The van der Waals surface area contributed by atoms with E-state index in [1.165, 1.54) is 12.8 Å². The lowest BCUT2D eigenvalue weighted by molar-refractivity contribution is 0.254. The monoisotopic (exact) mass is 467 g/mol. The van der Waals surface area contributed by atoms with Gasteiger partial charge < -0.3 is 21.7 Å². The van der Waals surface area contributed by atoms with Crippen molar-refractivity contribution >= 4 is 23.0 Å². The number of rotatable bonds is 11. The van der Waals surface area contributed by atoms with Gasteiger partial charge in [-0.25, -0.2) is 0 Å². The molecule has 1 heterocycles. The summed E-state index contributed by atoms with van der Waals surface area (Å²) >= 11 is 6.45. The second-order valence-electron chi connectivity index (χ2n) is 8.72. The lowest BCUT2D eigenvalue weighted by Crippen LogP contribution is -2.44. The zero-order valence-electron chi connectivity index (χ0n) is 19.9. The van der Waals surface area contributed by atoms with Crippen molar-refractivity contribution in [3.8, 4) is 0 Å². The van der Waals surface area contributed by atoms with Crippen molar-refractivity contribution in [3.63, 3.8) is 0 Å². The third-order valence-corrected chi connectivity index (χ3v) is 6.42. The molecule has 2 aromatic carbocycles. The molecule has 0 aromatic heterocycles. The molecule has 33 heavy (non-hydrogen) atoms. The van der Waals surface area contributed by atoms with Crippen molar-refractivity contribution in [2.24, 2.45) is 5.73 Å². The molecular formula is C27H38ClN5. The highest BCUT2D eigenvalue weighted by Gasteiger charge is 2.20. The van der Waals surface area contributed by atoms with Gasteiger partial charge in [0.05, 0.1) is 0 Å². The molecular weight excluding hydrogens is 430 g/mol. The van der Waals surface area contributed by atoms with Crippen molar-refractivity contribution in [1.82, 2.24) is 15.5 Å². The van der Waals surface area contributed by atoms with Crippen molar-refractivity contribution in [2.45, 2.75) is 51.4 Å². The molecule has 0 amide bonds. The fourth-order valence-corrected chi connectivity index (χ4v) is 4.32. The van der Waals surface area contributed by atoms with Gasteiger partial charge in [-0.1, -0.05) is 67.9 Å². The van der Waals surface area contributed by atoms with Gasteiger partial charge in [0.1, 0.15) is 6.17 Å². The Bertz CT molecular complexity index is 936. The first-order valence-electron chi connectivity index (χ1n) is 11.9. The van der Waals surface area contributed by atoms with Crippen LogP contribution in [0.3, 0.4) is 0 Å². The molecule has 5 nitrogen and oxygen atoms in total. The minimum absolute atomic E-state index is 0.142. The van der Waals surface area contributed by atoms with E-state index in [1.54, 1.807) is 0 Å². The maximum atomic E-state index is 6.58. The molecule has 1 saturated heterocycles. The number of nitrogens with two attached hydrogens (primary N) is 1. The van der Waals surface area contributed by atoms with Crippen LogP contribution in [0, 0.1) is 0 Å². The molecule has 2 atom stereocenters. The summed E-state index contributed by atoms with van der Waals surface area (Å²) in [5.74, 6) is 0. The topological polar surface area (TPSA) is 65.3 Å². The largest absolute Gasteiger partial charge is 0.401 e. The number of anilines is 1. The summed E-state index contributed by atoms with van der Waals surface area (Å²) in [4.78, 5) is 2.21. The number of hydrogen-bond donors (Lipinski definition) is 4. The lowest BCUT2D eigenvalue weighted by Gasteiger charge is -2.31. The van der Waals surface area contributed by atoms with Gasteiger partial charge in [0, 0.05) is 46.8 Å². The Kier molecular flexibility index (Phi) is 9.67. The first-order valence-corrected chi connectivity index (χ1v) is 12.3. The van der Waals surface area contributed by atoms with Crippen LogP contribution in [-0.4, -0.2) is 37.2 Å². The predicted molar refractivity (Wildman–Crippen MR) is 142 cm³/mol. The summed E-state index contributed by atoms with van der Waals surface area (Å²) in [6.07, 6.45) is 6.50. The predicted octanol–water partition coefficient (Wildman–Crippen LogP) is 5.17. The summed E-state index contributed by atoms with van der Waals surface area (Å²) in [5.41, 5.74) is 11.5. The van der Waals surface area contributed by atoms with Crippen LogP contribution >= 0.6 is 11.6 Å². The van der Waals surface area contributed by atoms with Crippen molar-refractivity contribution < 1.29 is 0 Å². The van der Waals surface area contributed by atoms with E-state index in [-0.39, 0.29) is 12.2 Å². The Morgan fingerprint density at radius 2 is 2.00 bits per heavy atom. The van der Waals surface area contributed by atoms with Crippen LogP contribution in [-0.2, 0) is 6.54 Å². The molecule has 1 aliphatic heterocycles. The lowest BCUT2D eigenvalue weighted by atomic mass is 10.0. The third kappa shape index (κ3) is 7.26. The number of nitrogens with zero attached hydrogens (tertiary/aromatic N) is 1. The van der Waals surface area contributed by atoms with Crippen LogP contribution in [0.15, 0.2) is 66.9 Å². The Morgan fingerprint density at radius 1 is 1.24 bits per heavy atom. The van der Waals surface area contributed by atoms with E-state index in [0.29, 0.717) is 6.54 Å². The van der Waals surface area contributed by atoms with Crippen LogP contribution in [0.1, 0.15) is 43.7 Å². The summed E-state index contributed by atoms with van der Waals surface area (Å²) in [5, 5.41) is 11.4. The number of benzene rings is 2. The molecule has 3 rings (SSSR count). The molecule has 0 aliphatic carbocycles. The summed E-state index contributed by atoms with van der Waals surface area (Å²) in [6.45, 7) is 9.14. The molecule has 0 bridgehead atoms. The number of halogens is 1. The molecule has 5 N–H and O–H groups in total. The van der Waals surface area contributed by atoms with E-state index in [2.05, 4.69) is 65.7 Å². The van der Waals surface area contributed by atoms with Gasteiger partial charge in [-0.05, 0) is 56.6 Å². The molecule has 1 aliphatic rings. The SMILES string of the molecule is C=C(NC(/C=C(\N)C1CCCCN1)N(C)Cc1ccccc1Cl)c1ccccc1NCCC. The molecule has 0 spiro atoms. The Hall–Kier alpha value is -2.47. The van der Waals surface area contributed by atoms with E-state index >= 15 is 0 Å². The summed E-state index contributed by atoms with van der Waals surface area (Å²) < 4.78 is 0. The van der Waals surface area contributed by atoms with Gasteiger partial charge >= 0.3 is 0 Å². The molecule has 2 unspecified atom stereocenters. The van der Waals surface area contributed by atoms with Gasteiger partial charge in [-0.15, -0.1) is 0 Å².